The molecule has 0 spiro atoms. The van der Waals surface area contributed by atoms with Gasteiger partial charge in [0.05, 0.1) is 37.2 Å². The molecule has 0 aliphatic carbocycles. The second-order valence-electron chi connectivity index (χ2n) is 9.81. The molecule has 2 fully saturated rings. The number of rotatable bonds is 10. The Labute approximate surface area is 247 Å². The SMILES string of the molecule is CC.CCO/C(C)=C/C=C(/C)CC.CCOC(=O)OCC1CC(O)CC(Oc2nn(C3CCOCC3)c(C)c2C)O1. The van der Waals surface area contributed by atoms with E-state index in [0.717, 1.165) is 56.1 Å². The van der Waals surface area contributed by atoms with Crippen LogP contribution < -0.4 is 4.74 Å². The molecule has 0 aromatic carbocycles. The zero-order chi connectivity index (χ0) is 30.8. The number of allylic oxidation sites excluding steroid dienone is 4. The lowest BCUT2D eigenvalue weighted by atomic mass is 10.1. The van der Waals surface area contributed by atoms with E-state index in [1.807, 2.05) is 52.3 Å². The Balaban J connectivity index is 0.000000547. The van der Waals surface area contributed by atoms with E-state index in [1.54, 1.807) is 6.92 Å². The van der Waals surface area contributed by atoms with Crippen LogP contribution in [0.2, 0.25) is 0 Å². The van der Waals surface area contributed by atoms with Gasteiger partial charge in [-0.15, -0.1) is 5.10 Å². The standard InChI is InChI=1S/C19H30N2O7.C10H18O.C2H6/c1-4-25-19(23)26-11-16-9-15(22)10-17(27-16)28-18-12(2)13(3)21(20-18)14-5-7-24-8-6-14;1-5-9(3)7-8-10(4)11-6-2;1-2/h14-17,22H,4-11H2,1-3H3;7-8H,5-6H2,1-4H3;1-2H3/b;9-7-,10-8+;. The molecule has 3 unspecified atom stereocenters. The lowest BCUT2D eigenvalue weighted by Gasteiger charge is -2.32. The van der Waals surface area contributed by atoms with Crippen molar-refractivity contribution >= 4 is 6.16 Å². The summed E-state index contributed by atoms with van der Waals surface area (Å²) in [6.45, 7) is 20.4. The summed E-state index contributed by atoms with van der Waals surface area (Å²) >= 11 is 0. The van der Waals surface area contributed by atoms with Crippen LogP contribution >= 0.6 is 0 Å². The molecule has 41 heavy (non-hydrogen) atoms. The molecule has 0 radical (unpaired) electrons. The third-order valence-corrected chi connectivity index (χ3v) is 6.71. The fourth-order valence-corrected chi connectivity index (χ4v) is 4.20. The Bertz CT molecular complexity index is 937. The van der Waals surface area contributed by atoms with Crippen molar-refractivity contribution in [3.63, 3.8) is 0 Å². The van der Waals surface area contributed by atoms with Crippen molar-refractivity contribution in [3.8, 4) is 5.88 Å². The molecular weight excluding hydrogens is 528 g/mol. The average molecular weight is 583 g/mol. The average Bonchev–Trinajstić information content (AvgIpc) is 3.25. The van der Waals surface area contributed by atoms with E-state index < -0.39 is 24.7 Å². The summed E-state index contributed by atoms with van der Waals surface area (Å²) < 4.78 is 34.3. The number of carbonyl (C=O) groups excluding carboxylic acids is 1. The molecule has 2 aliphatic rings. The molecule has 1 aromatic heterocycles. The number of hydrogen-bond acceptors (Lipinski definition) is 9. The molecule has 236 valence electrons. The summed E-state index contributed by atoms with van der Waals surface area (Å²) in [6.07, 6.45) is 5.31. The molecule has 3 rings (SSSR count). The van der Waals surface area contributed by atoms with Crippen LogP contribution in [0, 0.1) is 13.8 Å². The van der Waals surface area contributed by atoms with Crippen molar-refractivity contribution in [1.29, 1.82) is 0 Å². The van der Waals surface area contributed by atoms with E-state index in [-0.39, 0.29) is 13.2 Å². The Kier molecular flexibility index (Phi) is 18.1. The lowest BCUT2D eigenvalue weighted by molar-refractivity contribution is -0.187. The van der Waals surface area contributed by atoms with Crippen LogP contribution in [0.4, 0.5) is 4.79 Å². The second-order valence-corrected chi connectivity index (χ2v) is 9.81. The Morgan fingerprint density at radius 3 is 2.29 bits per heavy atom. The van der Waals surface area contributed by atoms with Crippen molar-refractivity contribution in [2.45, 2.75) is 119 Å². The molecule has 1 N–H and O–H groups in total. The minimum absolute atomic E-state index is 0.00424. The van der Waals surface area contributed by atoms with E-state index in [0.29, 0.717) is 24.8 Å². The number of aliphatic hydroxyl groups is 1. The van der Waals surface area contributed by atoms with E-state index in [4.69, 9.17) is 28.4 Å². The predicted octanol–water partition coefficient (Wildman–Crippen LogP) is 6.58. The highest BCUT2D eigenvalue weighted by molar-refractivity contribution is 5.59. The summed E-state index contributed by atoms with van der Waals surface area (Å²) in [5.41, 5.74) is 3.39. The Hall–Kier alpha value is -2.56. The molecule has 2 aliphatic heterocycles. The molecule has 3 heterocycles. The molecular formula is C31H54N2O8. The molecule has 0 amide bonds. The van der Waals surface area contributed by atoms with Crippen molar-refractivity contribution in [2.24, 2.45) is 0 Å². The van der Waals surface area contributed by atoms with Gasteiger partial charge < -0.3 is 33.5 Å². The minimum Gasteiger partial charge on any atom is -0.499 e. The van der Waals surface area contributed by atoms with Crippen molar-refractivity contribution < 1.29 is 38.3 Å². The minimum atomic E-state index is -0.745. The van der Waals surface area contributed by atoms with E-state index in [9.17, 15) is 9.90 Å². The summed E-state index contributed by atoms with van der Waals surface area (Å²) in [6, 6.07) is 0.299. The molecule has 3 atom stereocenters. The topological polar surface area (TPSA) is 111 Å². The van der Waals surface area contributed by atoms with Gasteiger partial charge in [0, 0.05) is 37.3 Å². The molecule has 2 saturated heterocycles. The van der Waals surface area contributed by atoms with Crippen molar-refractivity contribution in [1.82, 2.24) is 9.78 Å². The summed E-state index contributed by atoms with van der Waals surface area (Å²) in [5, 5.41) is 14.8. The second kappa shape index (κ2) is 20.3. The van der Waals surface area contributed by atoms with E-state index >= 15 is 0 Å². The Morgan fingerprint density at radius 2 is 1.68 bits per heavy atom. The quantitative estimate of drug-likeness (QED) is 0.186. The fraction of sp³-hybridized carbons (Fsp3) is 0.742. The molecule has 10 nitrogen and oxygen atoms in total. The molecule has 1 aromatic rings. The zero-order valence-corrected chi connectivity index (χ0v) is 26.7. The van der Waals surface area contributed by atoms with Crippen molar-refractivity contribution in [2.75, 3.05) is 33.0 Å². The van der Waals surface area contributed by atoms with Gasteiger partial charge in [0.2, 0.25) is 12.2 Å². The zero-order valence-electron chi connectivity index (χ0n) is 26.7. The molecule has 0 bridgehead atoms. The lowest BCUT2D eigenvalue weighted by Crippen LogP contribution is -2.41. The highest BCUT2D eigenvalue weighted by atomic mass is 16.7. The number of carbonyl (C=O) groups is 1. The predicted molar refractivity (Wildman–Crippen MR) is 159 cm³/mol. The number of hydrogen-bond donors (Lipinski definition) is 1. The molecule has 0 saturated carbocycles. The van der Waals surface area contributed by atoms with Gasteiger partial charge in [0.1, 0.15) is 6.61 Å². The van der Waals surface area contributed by atoms with Crippen molar-refractivity contribution in [3.05, 3.63) is 34.7 Å². The maximum atomic E-state index is 11.4. The maximum Gasteiger partial charge on any atom is 0.508 e. The van der Waals surface area contributed by atoms with Gasteiger partial charge in [-0.2, -0.15) is 0 Å². The van der Waals surface area contributed by atoms with Crippen LogP contribution in [-0.4, -0.2) is 72.6 Å². The van der Waals surface area contributed by atoms with Crippen LogP contribution in [0.3, 0.4) is 0 Å². The summed E-state index contributed by atoms with van der Waals surface area (Å²) in [4.78, 5) is 11.4. The first kappa shape index (κ1) is 36.5. The third kappa shape index (κ3) is 13.3. The van der Waals surface area contributed by atoms with Crippen LogP contribution in [0.15, 0.2) is 23.5 Å². The van der Waals surface area contributed by atoms with Crippen LogP contribution in [0.25, 0.3) is 0 Å². The van der Waals surface area contributed by atoms with Crippen LogP contribution in [0.1, 0.15) is 97.9 Å². The summed E-state index contributed by atoms with van der Waals surface area (Å²) in [5.74, 6) is 1.49. The van der Waals surface area contributed by atoms with Gasteiger partial charge in [0.15, 0.2) is 0 Å². The van der Waals surface area contributed by atoms with Gasteiger partial charge in [-0.3, -0.25) is 4.68 Å². The first-order chi connectivity index (χ1) is 19.7. The highest BCUT2D eigenvalue weighted by Gasteiger charge is 2.32. The van der Waals surface area contributed by atoms with Gasteiger partial charge >= 0.3 is 6.16 Å². The number of aliphatic hydroxyl groups excluding tert-OH is 1. The maximum absolute atomic E-state index is 11.4. The number of ether oxygens (including phenoxy) is 6. The molecule has 10 heteroatoms. The van der Waals surface area contributed by atoms with Gasteiger partial charge in [-0.05, 0) is 66.9 Å². The monoisotopic (exact) mass is 582 g/mol. The largest absolute Gasteiger partial charge is 0.508 e. The smallest absolute Gasteiger partial charge is 0.499 e. The van der Waals surface area contributed by atoms with Gasteiger partial charge in [-0.25, -0.2) is 4.79 Å². The van der Waals surface area contributed by atoms with Gasteiger partial charge in [0.25, 0.3) is 0 Å². The Morgan fingerprint density at radius 1 is 1.02 bits per heavy atom. The highest BCUT2D eigenvalue weighted by Crippen LogP contribution is 2.30. The first-order valence-corrected chi connectivity index (χ1v) is 15.1. The summed E-state index contributed by atoms with van der Waals surface area (Å²) in [7, 11) is 0. The van der Waals surface area contributed by atoms with Crippen LogP contribution in [0.5, 0.6) is 5.88 Å². The fourth-order valence-electron chi connectivity index (χ4n) is 4.20. The van der Waals surface area contributed by atoms with E-state index in [1.165, 1.54) is 5.57 Å². The number of nitrogens with zero attached hydrogens (tertiary/aromatic N) is 2. The third-order valence-electron chi connectivity index (χ3n) is 6.71. The van der Waals surface area contributed by atoms with E-state index in [2.05, 4.69) is 25.0 Å². The van der Waals surface area contributed by atoms with Crippen LogP contribution in [-0.2, 0) is 23.7 Å². The number of aromatic nitrogens is 2. The van der Waals surface area contributed by atoms with Gasteiger partial charge in [-0.1, -0.05) is 32.4 Å². The normalized spacial score (nSPS) is 21.6. The first-order valence-electron chi connectivity index (χ1n) is 15.1.